The summed E-state index contributed by atoms with van der Waals surface area (Å²) in [5.74, 6) is -0.742. The number of anilines is 1. The molecule has 0 aromatic heterocycles. The minimum atomic E-state index is -3.65. The second-order valence-electron chi connectivity index (χ2n) is 6.83. The van der Waals surface area contributed by atoms with Gasteiger partial charge in [-0.15, -0.1) is 0 Å². The van der Waals surface area contributed by atoms with Gasteiger partial charge in [-0.2, -0.15) is 4.31 Å². The van der Waals surface area contributed by atoms with Crippen LogP contribution in [0.4, 0.5) is 10.1 Å². The molecule has 1 aliphatic rings. The van der Waals surface area contributed by atoms with Crippen LogP contribution in [0.15, 0.2) is 53.4 Å². The van der Waals surface area contributed by atoms with Crippen LogP contribution in [0.3, 0.4) is 0 Å². The van der Waals surface area contributed by atoms with E-state index in [9.17, 15) is 17.6 Å². The molecule has 0 N–H and O–H groups in total. The lowest BCUT2D eigenvalue weighted by molar-refractivity contribution is 0.0992. The Morgan fingerprint density at radius 3 is 2.52 bits per heavy atom. The molecular formula is C20H23FN2O3S. The van der Waals surface area contributed by atoms with Crippen molar-refractivity contribution in [1.82, 2.24) is 4.31 Å². The molecule has 1 saturated heterocycles. The van der Waals surface area contributed by atoms with Gasteiger partial charge in [-0.05, 0) is 62.2 Å². The van der Waals surface area contributed by atoms with Gasteiger partial charge in [0.25, 0.3) is 5.91 Å². The van der Waals surface area contributed by atoms with Crippen LogP contribution in [0.25, 0.3) is 0 Å². The summed E-state index contributed by atoms with van der Waals surface area (Å²) in [6, 6.07) is 11.6. The van der Waals surface area contributed by atoms with Crippen molar-refractivity contribution in [3.8, 4) is 0 Å². The largest absolute Gasteiger partial charge is 0.311 e. The summed E-state index contributed by atoms with van der Waals surface area (Å²) >= 11 is 0. The Balaban J connectivity index is 1.88. The van der Waals surface area contributed by atoms with Gasteiger partial charge in [0, 0.05) is 30.9 Å². The zero-order valence-electron chi connectivity index (χ0n) is 15.4. The van der Waals surface area contributed by atoms with Gasteiger partial charge in [0.15, 0.2) is 0 Å². The molecule has 1 amide bonds. The van der Waals surface area contributed by atoms with Crippen LogP contribution in [0.2, 0.25) is 0 Å². The number of carbonyl (C=O) groups excluding carboxylic acids is 1. The standard InChI is InChI=1S/C20H23FN2O3S/c1-15-6-3-4-13-23(15)27(25,26)19-8-5-7-16(14-19)20(24)22(2)18-11-9-17(21)10-12-18/h5,7-12,14-15H,3-4,6,13H2,1-2H3. The molecule has 1 aliphatic heterocycles. The summed E-state index contributed by atoms with van der Waals surface area (Å²) in [5, 5.41) is 0. The SMILES string of the molecule is CC1CCCCN1S(=O)(=O)c1cccc(C(=O)N(C)c2ccc(F)cc2)c1. The monoisotopic (exact) mass is 390 g/mol. The Kier molecular flexibility index (Phi) is 5.62. The molecule has 7 heteroatoms. The molecule has 27 heavy (non-hydrogen) atoms. The van der Waals surface area contributed by atoms with E-state index < -0.39 is 10.0 Å². The molecule has 1 unspecified atom stereocenters. The first-order chi connectivity index (χ1) is 12.8. The number of carbonyl (C=O) groups is 1. The lowest BCUT2D eigenvalue weighted by Gasteiger charge is -2.32. The fraction of sp³-hybridized carbons (Fsp3) is 0.350. The molecule has 3 rings (SSSR count). The average molecular weight is 390 g/mol. The minimum Gasteiger partial charge on any atom is -0.311 e. The maximum Gasteiger partial charge on any atom is 0.258 e. The average Bonchev–Trinajstić information content (AvgIpc) is 2.68. The third kappa shape index (κ3) is 4.04. The van der Waals surface area contributed by atoms with E-state index in [-0.39, 0.29) is 28.2 Å². The van der Waals surface area contributed by atoms with Gasteiger partial charge in [0.05, 0.1) is 4.90 Å². The van der Waals surface area contributed by atoms with Crippen molar-refractivity contribution in [3.63, 3.8) is 0 Å². The number of hydrogen-bond acceptors (Lipinski definition) is 3. The second kappa shape index (κ2) is 7.78. The summed E-state index contributed by atoms with van der Waals surface area (Å²) in [6.07, 6.45) is 2.70. The molecule has 0 saturated carbocycles. The van der Waals surface area contributed by atoms with Crippen LogP contribution < -0.4 is 4.90 Å². The maximum atomic E-state index is 13.1. The molecule has 5 nitrogen and oxygen atoms in total. The van der Waals surface area contributed by atoms with Gasteiger partial charge in [-0.25, -0.2) is 12.8 Å². The molecule has 2 aromatic carbocycles. The number of benzene rings is 2. The predicted octanol–water partition coefficient (Wildman–Crippen LogP) is 3.67. The molecule has 1 heterocycles. The van der Waals surface area contributed by atoms with Crippen LogP contribution in [0.5, 0.6) is 0 Å². The number of amides is 1. The molecule has 1 atom stereocenters. The van der Waals surface area contributed by atoms with E-state index >= 15 is 0 Å². The summed E-state index contributed by atoms with van der Waals surface area (Å²) < 4.78 is 40.6. The number of piperidine rings is 1. The Morgan fingerprint density at radius 1 is 1.15 bits per heavy atom. The molecule has 0 radical (unpaired) electrons. The first-order valence-electron chi connectivity index (χ1n) is 8.96. The fourth-order valence-electron chi connectivity index (χ4n) is 3.33. The zero-order valence-corrected chi connectivity index (χ0v) is 16.2. The lowest BCUT2D eigenvalue weighted by Crippen LogP contribution is -2.42. The molecule has 0 spiro atoms. The van der Waals surface area contributed by atoms with Crippen molar-refractivity contribution >= 4 is 21.6 Å². The van der Waals surface area contributed by atoms with Crippen molar-refractivity contribution in [2.24, 2.45) is 0 Å². The van der Waals surface area contributed by atoms with Gasteiger partial charge in [0.1, 0.15) is 5.82 Å². The number of nitrogens with zero attached hydrogens (tertiary/aromatic N) is 2. The van der Waals surface area contributed by atoms with Crippen molar-refractivity contribution in [2.45, 2.75) is 37.1 Å². The highest BCUT2D eigenvalue weighted by molar-refractivity contribution is 7.89. The number of hydrogen-bond donors (Lipinski definition) is 0. The maximum absolute atomic E-state index is 13.1. The van der Waals surface area contributed by atoms with Crippen LogP contribution in [0.1, 0.15) is 36.5 Å². The summed E-state index contributed by atoms with van der Waals surface area (Å²) in [5.41, 5.74) is 0.798. The normalized spacial score (nSPS) is 18.3. The van der Waals surface area contributed by atoms with Gasteiger partial charge in [-0.3, -0.25) is 4.79 Å². The number of sulfonamides is 1. The highest BCUT2D eigenvalue weighted by Gasteiger charge is 2.31. The van der Waals surface area contributed by atoms with E-state index in [1.807, 2.05) is 6.92 Å². The van der Waals surface area contributed by atoms with Crippen LogP contribution >= 0.6 is 0 Å². The van der Waals surface area contributed by atoms with Crippen LogP contribution in [-0.2, 0) is 10.0 Å². The highest BCUT2D eigenvalue weighted by atomic mass is 32.2. The van der Waals surface area contributed by atoms with Gasteiger partial charge < -0.3 is 4.90 Å². The molecule has 0 bridgehead atoms. The lowest BCUT2D eigenvalue weighted by atomic mass is 10.1. The molecule has 144 valence electrons. The first-order valence-corrected chi connectivity index (χ1v) is 10.4. The zero-order chi connectivity index (χ0) is 19.6. The summed E-state index contributed by atoms with van der Waals surface area (Å²) in [7, 11) is -2.08. The minimum absolute atomic E-state index is 0.0509. The van der Waals surface area contributed by atoms with E-state index in [0.29, 0.717) is 12.2 Å². The van der Waals surface area contributed by atoms with E-state index in [0.717, 1.165) is 19.3 Å². The molecular weight excluding hydrogens is 367 g/mol. The first kappa shape index (κ1) is 19.5. The predicted molar refractivity (Wildman–Crippen MR) is 103 cm³/mol. The van der Waals surface area contributed by atoms with Gasteiger partial charge in [-0.1, -0.05) is 12.5 Å². The van der Waals surface area contributed by atoms with Crippen LogP contribution in [-0.4, -0.2) is 38.3 Å². The Labute approximate surface area is 159 Å². The third-order valence-electron chi connectivity index (χ3n) is 4.95. The van der Waals surface area contributed by atoms with Crippen molar-refractivity contribution < 1.29 is 17.6 Å². The molecule has 1 fully saturated rings. The van der Waals surface area contributed by atoms with Crippen molar-refractivity contribution in [3.05, 3.63) is 59.9 Å². The highest BCUT2D eigenvalue weighted by Crippen LogP contribution is 2.26. The van der Waals surface area contributed by atoms with Gasteiger partial charge in [0.2, 0.25) is 10.0 Å². The topological polar surface area (TPSA) is 57.7 Å². The van der Waals surface area contributed by atoms with Crippen molar-refractivity contribution in [1.29, 1.82) is 0 Å². The molecule has 0 aliphatic carbocycles. The van der Waals surface area contributed by atoms with E-state index in [4.69, 9.17) is 0 Å². The quantitative estimate of drug-likeness (QED) is 0.800. The van der Waals surface area contributed by atoms with Crippen LogP contribution in [0, 0.1) is 5.82 Å². The second-order valence-corrected chi connectivity index (χ2v) is 8.72. The van der Waals surface area contributed by atoms with E-state index in [1.54, 1.807) is 19.2 Å². The van der Waals surface area contributed by atoms with Gasteiger partial charge >= 0.3 is 0 Å². The summed E-state index contributed by atoms with van der Waals surface area (Å²) in [4.78, 5) is 14.3. The summed E-state index contributed by atoms with van der Waals surface area (Å²) in [6.45, 7) is 2.41. The Bertz CT molecular complexity index is 928. The van der Waals surface area contributed by atoms with E-state index in [1.165, 1.54) is 45.6 Å². The smallest absolute Gasteiger partial charge is 0.258 e. The Morgan fingerprint density at radius 2 is 1.85 bits per heavy atom. The fourth-order valence-corrected chi connectivity index (χ4v) is 5.08. The van der Waals surface area contributed by atoms with E-state index in [2.05, 4.69) is 0 Å². The van der Waals surface area contributed by atoms with Crippen molar-refractivity contribution in [2.75, 3.05) is 18.5 Å². The number of rotatable bonds is 4. The molecule has 2 aromatic rings. The number of halogens is 1. The third-order valence-corrected chi connectivity index (χ3v) is 6.96. The Hall–Kier alpha value is -2.25.